The van der Waals surface area contributed by atoms with Crippen LogP contribution in [-0.4, -0.2) is 42.3 Å². The summed E-state index contributed by atoms with van der Waals surface area (Å²) in [6.07, 6.45) is 1.31. The van der Waals surface area contributed by atoms with Gasteiger partial charge < -0.3 is 14.3 Å². The van der Waals surface area contributed by atoms with Gasteiger partial charge in [-0.1, -0.05) is 31.5 Å². The summed E-state index contributed by atoms with van der Waals surface area (Å²) in [4.78, 5) is 56.7. The lowest BCUT2D eigenvalue weighted by Gasteiger charge is -2.27. The molecule has 0 bridgehead atoms. The van der Waals surface area contributed by atoms with Crippen molar-refractivity contribution in [3.8, 4) is 11.5 Å². The number of fused-ring (bicyclic) bond motifs is 1. The molecule has 34 heavy (non-hydrogen) atoms. The van der Waals surface area contributed by atoms with Gasteiger partial charge >= 0.3 is 5.97 Å². The third-order valence-corrected chi connectivity index (χ3v) is 5.40. The number of ether oxygens (including phenoxy) is 2. The van der Waals surface area contributed by atoms with Gasteiger partial charge in [0.05, 0.1) is 37.3 Å². The SMILES string of the molecule is CCCCC(=O)ONC(=O)CC(c1ccc(OC)c(OCC)c1)N1C(=O)c2ccccc2C1=O. The molecule has 9 heteroatoms. The Labute approximate surface area is 197 Å². The lowest BCUT2D eigenvalue weighted by molar-refractivity contribution is -0.158. The number of unbranched alkanes of at least 4 members (excludes halogenated alkanes) is 1. The molecule has 1 N–H and O–H groups in total. The highest BCUT2D eigenvalue weighted by molar-refractivity contribution is 6.21. The van der Waals surface area contributed by atoms with E-state index in [1.165, 1.54) is 7.11 Å². The summed E-state index contributed by atoms with van der Waals surface area (Å²) in [7, 11) is 1.50. The van der Waals surface area contributed by atoms with Crippen LogP contribution in [-0.2, 0) is 14.4 Å². The molecule has 2 aromatic rings. The number of carbonyl (C=O) groups is 4. The number of amides is 3. The fourth-order valence-corrected chi connectivity index (χ4v) is 3.72. The summed E-state index contributed by atoms with van der Waals surface area (Å²) in [5.41, 5.74) is 3.16. The van der Waals surface area contributed by atoms with Crippen molar-refractivity contribution < 1.29 is 33.5 Å². The Morgan fingerprint density at radius 2 is 1.68 bits per heavy atom. The number of hydrogen-bond acceptors (Lipinski definition) is 7. The van der Waals surface area contributed by atoms with Crippen LogP contribution in [0.25, 0.3) is 0 Å². The molecule has 0 fully saturated rings. The van der Waals surface area contributed by atoms with E-state index < -0.39 is 29.7 Å². The topological polar surface area (TPSA) is 111 Å². The van der Waals surface area contributed by atoms with Crippen LogP contribution in [0.1, 0.15) is 71.9 Å². The molecule has 1 aliphatic heterocycles. The van der Waals surface area contributed by atoms with E-state index in [1.54, 1.807) is 42.5 Å². The predicted octanol–water partition coefficient (Wildman–Crippen LogP) is 3.59. The first-order valence-corrected chi connectivity index (χ1v) is 11.2. The van der Waals surface area contributed by atoms with Gasteiger partial charge in [-0.15, -0.1) is 0 Å². The minimum absolute atomic E-state index is 0.175. The first-order valence-electron chi connectivity index (χ1n) is 11.2. The third-order valence-electron chi connectivity index (χ3n) is 5.40. The van der Waals surface area contributed by atoms with E-state index in [-0.39, 0.29) is 24.0 Å². The van der Waals surface area contributed by atoms with E-state index in [1.807, 2.05) is 13.8 Å². The van der Waals surface area contributed by atoms with Crippen molar-refractivity contribution in [3.05, 3.63) is 59.2 Å². The quantitative estimate of drug-likeness (QED) is 0.419. The second-order valence-electron chi connectivity index (χ2n) is 7.69. The average Bonchev–Trinajstić information content (AvgIpc) is 3.10. The van der Waals surface area contributed by atoms with Crippen molar-refractivity contribution in [2.24, 2.45) is 0 Å². The van der Waals surface area contributed by atoms with Gasteiger partial charge in [-0.05, 0) is 43.2 Å². The third kappa shape index (κ3) is 5.36. The minimum Gasteiger partial charge on any atom is -0.493 e. The van der Waals surface area contributed by atoms with Crippen molar-refractivity contribution in [1.29, 1.82) is 0 Å². The second-order valence-corrected chi connectivity index (χ2v) is 7.69. The van der Waals surface area contributed by atoms with E-state index in [0.29, 0.717) is 30.1 Å². The second kappa shape index (κ2) is 11.3. The highest BCUT2D eigenvalue weighted by Crippen LogP contribution is 2.37. The fourth-order valence-electron chi connectivity index (χ4n) is 3.72. The first-order chi connectivity index (χ1) is 16.4. The molecule has 1 atom stereocenters. The van der Waals surface area contributed by atoms with Crippen LogP contribution in [0.15, 0.2) is 42.5 Å². The highest BCUT2D eigenvalue weighted by Gasteiger charge is 2.41. The molecule has 2 aromatic carbocycles. The zero-order chi connectivity index (χ0) is 24.7. The van der Waals surface area contributed by atoms with Crippen LogP contribution in [0.2, 0.25) is 0 Å². The van der Waals surface area contributed by atoms with Crippen molar-refractivity contribution in [1.82, 2.24) is 10.4 Å². The zero-order valence-electron chi connectivity index (χ0n) is 19.5. The molecule has 0 spiro atoms. The number of methoxy groups -OCH3 is 1. The monoisotopic (exact) mass is 468 g/mol. The summed E-state index contributed by atoms with van der Waals surface area (Å²) in [5, 5.41) is 0. The number of benzene rings is 2. The van der Waals surface area contributed by atoms with Gasteiger partial charge in [0.1, 0.15) is 0 Å². The molecule has 1 aliphatic rings. The maximum absolute atomic E-state index is 13.2. The molecule has 1 heterocycles. The number of hydrogen-bond donors (Lipinski definition) is 1. The Hall–Kier alpha value is -3.88. The molecule has 0 aliphatic carbocycles. The van der Waals surface area contributed by atoms with Gasteiger partial charge in [-0.25, -0.2) is 4.79 Å². The molecule has 9 nitrogen and oxygen atoms in total. The van der Waals surface area contributed by atoms with Gasteiger partial charge in [0.2, 0.25) is 0 Å². The van der Waals surface area contributed by atoms with Crippen LogP contribution in [0.3, 0.4) is 0 Å². The molecule has 180 valence electrons. The summed E-state index contributed by atoms with van der Waals surface area (Å²) < 4.78 is 11.0. The van der Waals surface area contributed by atoms with Crippen LogP contribution in [0, 0.1) is 0 Å². The molecule has 3 rings (SSSR count). The van der Waals surface area contributed by atoms with E-state index in [4.69, 9.17) is 14.3 Å². The van der Waals surface area contributed by atoms with Gasteiger partial charge in [-0.3, -0.25) is 19.3 Å². The van der Waals surface area contributed by atoms with Crippen molar-refractivity contribution >= 4 is 23.7 Å². The van der Waals surface area contributed by atoms with Gasteiger partial charge in [-0.2, -0.15) is 5.48 Å². The smallest absolute Gasteiger partial charge is 0.332 e. The number of hydroxylamine groups is 1. The molecule has 0 saturated heterocycles. The minimum atomic E-state index is -0.966. The standard InChI is InChI=1S/C25H28N2O7/c1-4-6-11-23(29)34-26-22(28)15-19(16-12-13-20(32-3)21(14-16)33-5-2)27-24(30)17-9-7-8-10-18(17)25(27)31/h7-10,12-14,19H,4-6,11,15H2,1-3H3,(H,26,28). The van der Waals surface area contributed by atoms with Gasteiger partial charge in [0.25, 0.3) is 17.7 Å². The van der Waals surface area contributed by atoms with Crippen molar-refractivity contribution in [2.75, 3.05) is 13.7 Å². The average molecular weight is 469 g/mol. The zero-order valence-corrected chi connectivity index (χ0v) is 19.5. The lowest BCUT2D eigenvalue weighted by atomic mass is 10.0. The van der Waals surface area contributed by atoms with E-state index in [9.17, 15) is 19.2 Å². The Morgan fingerprint density at radius 1 is 1.00 bits per heavy atom. The summed E-state index contributed by atoms with van der Waals surface area (Å²) in [6.45, 7) is 4.11. The van der Waals surface area contributed by atoms with Gasteiger partial charge in [0, 0.05) is 6.42 Å². The van der Waals surface area contributed by atoms with Crippen molar-refractivity contribution in [2.45, 2.75) is 45.6 Å². The van der Waals surface area contributed by atoms with Crippen LogP contribution < -0.4 is 15.0 Å². The summed E-state index contributed by atoms with van der Waals surface area (Å²) in [5.74, 6) is -1.34. The number of imide groups is 1. The maximum Gasteiger partial charge on any atom is 0.332 e. The Kier molecular flexibility index (Phi) is 8.24. The van der Waals surface area contributed by atoms with E-state index >= 15 is 0 Å². The Bertz CT molecular complexity index is 1050. The normalized spacial score (nSPS) is 13.3. The molecule has 1 unspecified atom stereocenters. The van der Waals surface area contributed by atoms with E-state index in [0.717, 1.165) is 11.3 Å². The predicted molar refractivity (Wildman–Crippen MR) is 122 cm³/mol. The van der Waals surface area contributed by atoms with Crippen LogP contribution in [0.5, 0.6) is 11.5 Å². The number of nitrogens with one attached hydrogen (secondary N) is 1. The largest absolute Gasteiger partial charge is 0.493 e. The lowest BCUT2D eigenvalue weighted by Crippen LogP contribution is -2.38. The van der Waals surface area contributed by atoms with Crippen LogP contribution in [0.4, 0.5) is 0 Å². The molecule has 0 aromatic heterocycles. The number of rotatable bonds is 10. The van der Waals surface area contributed by atoms with Gasteiger partial charge in [0.15, 0.2) is 11.5 Å². The molecular weight excluding hydrogens is 440 g/mol. The fraction of sp³-hybridized carbons (Fsp3) is 0.360. The maximum atomic E-state index is 13.2. The van der Waals surface area contributed by atoms with Crippen LogP contribution >= 0.6 is 0 Å². The molecule has 0 saturated carbocycles. The van der Waals surface area contributed by atoms with Crippen molar-refractivity contribution in [3.63, 3.8) is 0 Å². The molecular formula is C25H28N2O7. The summed E-state index contributed by atoms with van der Waals surface area (Å²) in [6, 6.07) is 10.5. The number of carbonyl (C=O) groups excluding carboxylic acids is 4. The highest BCUT2D eigenvalue weighted by atomic mass is 16.7. The summed E-state index contributed by atoms with van der Waals surface area (Å²) >= 11 is 0. The first kappa shape index (κ1) is 24.8. The Morgan fingerprint density at radius 3 is 2.26 bits per heavy atom. The number of nitrogens with zero attached hydrogens (tertiary/aromatic N) is 1. The molecule has 0 radical (unpaired) electrons. The molecule has 3 amide bonds. The Balaban J connectivity index is 1.91. The van der Waals surface area contributed by atoms with E-state index in [2.05, 4.69) is 5.48 Å².